The molecule has 3 N–H and O–H groups in total. The van der Waals surface area contributed by atoms with Crippen LogP contribution in [0.25, 0.3) is 0 Å². The summed E-state index contributed by atoms with van der Waals surface area (Å²) in [4.78, 5) is 9.53. The first-order valence-electron chi connectivity index (χ1n) is 8.99. The van der Waals surface area contributed by atoms with Crippen LogP contribution in [0.15, 0.2) is 4.99 Å². The molecule has 1 aliphatic heterocycles. The van der Waals surface area contributed by atoms with Gasteiger partial charge in [-0.1, -0.05) is 6.92 Å². The van der Waals surface area contributed by atoms with Gasteiger partial charge in [-0.25, -0.2) is 0 Å². The Bertz CT molecular complexity index is 325. The summed E-state index contributed by atoms with van der Waals surface area (Å²) >= 11 is 0. The third-order valence-corrected chi connectivity index (χ3v) is 4.60. The van der Waals surface area contributed by atoms with E-state index in [2.05, 4.69) is 54.7 Å². The van der Waals surface area contributed by atoms with Gasteiger partial charge in [-0.3, -0.25) is 14.8 Å². The van der Waals surface area contributed by atoms with E-state index in [9.17, 15) is 0 Å². The van der Waals surface area contributed by atoms with Crippen LogP contribution in [0.1, 0.15) is 53.9 Å². The van der Waals surface area contributed by atoms with Crippen LogP contribution in [0.3, 0.4) is 0 Å². The number of guanidine groups is 1. The number of nitrogens with one attached hydrogen (secondary N) is 1. The Balaban J connectivity index is 0.00000484. The summed E-state index contributed by atoms with van der Waals surface area (Å²) in [5.74, 6) is 0.601. The second-order valence-electron chi connectivity index (χ2n) is 6.86. The van der Waals surface area contributed by atoms with Gasteiger partial charge >= 0.3 is 0 Å². The third kappa shape index (κ3) is 8.54. The van der Waals surface area contributed by atoms with Gasteiger partial charge in [-0.15, -0.1) is 24.0 Å². The van der Waals surface area contributed by atoms with E-state index in [1.807, 2.05) is 0 Å². The molecule has 6 heteroatoms. The lowest BCUT2D eigenvalue weighted by Gasteiger charge is -2.30. The zero-order chi connectivity index (χ0) is 16.5. The Labute approximate surface area is 160 Å². The molecule has 5 nitrogen and oxygen atoms in total. The molecular weight excluding hydrogens is 401 g/mol. The smallest absolute Gasteiger partial charge is 0.188 e. The van der Waals surface area contributed by atoms with E-state index in [0.29, 0.717) is 24.1 Å². The van der Waals surface area contributed by atoms with Crippen LogP contribution < -0.4 is 11.1 Å². The lowest BCUT2D eigenvalue weighted by Crippen LogP contribution is -2.40. The molecule has 0 aromatic heterocycles. The van der Waals surface area contributed by atoms with Gasteiger partial charge in [0.1, 0.15) is 0 Å². The first-order valence-corrected chi connectivity index (χ1v) is 8.99. The zero-order valence-electron chi connectivity index (χ0n) is 15.7. The predicted octanol–water partition coefficient (Wildman–Crippen LogP) is 2.50. The van der Waals surface area contributed by atoms with Crippen LogP contribution in [0.4, 0.5) is 0 Å². The van der Waals surface area contributed by atoms with Gasteiger partial charge in [0.2, 0.25) is 0 Å². The van der Waals surface area contributed by atoms with Gasteiger partial charge in [0.25, 0.3) is 0 Å². The standard InChI is InChI=1S/C17H37N5.HI/c1-6-21-11-7-9-16(21)13-20-17(18)19-10-8-12-22(14(2)3)15(4)5;/h14-16H,6-13H2,1-5H3,(H3,18,19,20);1H. The summed E-state index contributed by atoms with van der Waals surface area (Å²) in [5, 5.41) is 3.26. The molecule has 0 bridgehead atoms. The van der Waals surface area contributed by atoms with E-state index in [4.69, 9.17) is 5.73 Å². The van der Waals surface area contributed by atoms with Crippen LogP contribution in [-0.2, 0) is 0 Å². The van der Waals surface area contributed by atoms with Crippen LogP contribution in [-0.4, -0.2) is 66.6 Å². The number of hydrogen-bond donors (Lipinski definition) is 2. The number of rotatable bonds is 9. The van der Waals surface area contributed by atoms with E-state index >= 15 is 0 Å². The number of aliphatic imine (C=N–C) groups is 1. The van der Waals surface area contributed by atoms with Crippen molar-refractivity contribution < 1.29 is 0 Å². The van der Waals surface area contributed by atoms with E-state index < -0.39 is 0 Å². The molecule has 138 valence electrons. The average molecular weight is 439 g/mol. The monoisotopic (exact) mass is 439 g/mol. The van der Waals surface area contributed by atoms with Crippen molar-refractivity contribution in [2.24, 2.45) is 10.7 Å². The summed E-state index contributed by atoms with van der Waals surface area (Å²) in [5.41, 5.74) is 5.98. The number of halogens is 1. The lowest BCUT2D eigenvalue weighted by molar-refractivity contribution is 0.173. The topological polar surface area (TPSA) is 56.9 Å². The van der Waals surface area contributed by atoms with Crippen LogP contribution in [0.2, 0.25) is 0 Å². The second kappa shape index (κ2) is 12.3. The van der Waals surface area contributed by atoms with Crippen molar-refractivity contribution >= 4 is 29.9 Å². The van der Waals surface area contributed by atoms with E-state index in [-0.39, 0.29) is 24.0 Å². The second-order valence-corrected chi connectivity index (χ2v) is 6.86. The van der Waals surface area contributed by atoms with Crippen molar-refractivity contribution in [1.29, 1.82) is 0 Å². The molecule has 1 unspecified atom stereocenters. The van der Waals surface area contributed by atoms with Crippen molar-refractivity contribution in [2.75, 3.05) is 32.7 Å². The highest BCUT2D eigenvalue weighted by atomic mass is 127. The fraction of sp³-hybridized carbons (Fsp3) is 0.941. The minimum atomic E-state index is 0. The molecular formula is C17H38IN5. The van der Waals surface area contributed by atoms with E-state index in [1.165, 1.54) is 19.4 Å². The van der Waals surface area contributed by atoms with Gasteiger partial charge in [-0.2, -0.15) is 0 Å². The first-order chi connectivity index (χ1) is 10.5. The predicted molar refractivity (Wildman–Crippen MR) is 112 cm³/mol. The average Bonchev–Trinajstić information content (AvgIpc) is 2.91. The van der Waals surface area contributed by atoms with Crippen molar-refractivity contribution in [3.8, 4) is 0 Å². The minimum Gasteiger partial charge on any atom is -0.370 e. The van der Waals surface area contributed by atoms with Crippen LogP contribution >= 0.6 is 24.0 Å². The summed E-state index contributed by atoms with van der Waals surface area (Å²) in [6.07, 6.45) is 3.64. The summed E-state index contributed by atoms with van der Waals surface area (Å²) < 4.78 is 0. The zero-order valence-corrected chi connectivity index (χ0v) is 18.0. The molecule has 1 aliphatic rings. The fourth-order valence-corrected chi connectivity index (χ4v) is 3.37. The van der Waals surface area contributed by atoms with Gasteiger partial charge < -0.3 is 11.1 Å². The maximum Gasteiger partial charge on any atom is 0.188 e. The highest BCUT2D eigenvalue weighted by Gasteiger charge is 2.22. The Morgan fingerprint density at radius 1 is 1.30 bits per heavy atom. The Kier molecular flexibility index (Phi) is 12.3. The largest absolute Gasteiger partial charge is 0.370 e. The minimum absolute atomic E-state index is 0. The van der Waals surface area contributed by atoms with Crippen molar-refractivity contribution in [3.63, 3.8) is 0 Å². The van der Waals surface area contributed by atoms with Gasteiger partial charge in [0.05, 0.1) is 6.54 Å². The molecule has 23 heavy (non-hydrogen) atoms. The summed E-state index contributed by atoms with van der Waals surface area (Å²) in [6.45, 7) is 16.4. The maximum atomic E-state index is 5.98. The number of nitrogens with zero attached hydrogens (tertiary/aromatic N) is 3. The molecule has 1 saturated heterocycles. The van der Waals surface area contributed by atoms with Crippen molar-refractivity contribution in [3.05, 3.63) is 0 Å². The van der Waals surface area contributed by atoms with Crippen molar-refractivity contribution in [2.45, 2.75) is 72.0 Å². The number of hydrogen-bond acceptors (Lipinski definition) is 3. The molecule has 0 radical (unpaired) electrons. The normalized spacial score (nSPS) is 19.7. The summed E-state index contributed by atoms with van der Waals surface area (Å²) in [7, 11) is 0. The molecule has 0 aliphatic carbocycles. The van der Waals surface area contributed by atoms with E-state index in [1.54, 1.807) is 0 Å². The Morgan fingerprint density at radius 3 is 2.52 bits per heavy atom. The third-order valence-electron chi connectivity index (χ3n) is 4.60. The molecule has 0 spiro atoms. The molecule has 1 rings (SSSR count). The van der Waals surface area contributed by atoms with Crippen molar-refractivity contribution in [1.82, 2.24) is 15.1 Å². The highest BCUT2D eigenvalue weighted by molar-refractivity contribution is 14.0. The van der Waals surface area contributed by atoms with Gasteiger partial charge in [-0.05, 0) is 60.0 Å². The van der Waals surface area contributed by atoms with Crippen LogP contribution in [0, 0.1) is 0 Å². The molecule has 0 aromatic carbocycles. The number of nitrogens with two attached hydrogens (primary N) is 1. The van der Waals surface area contributed by atoms with Gasteiger partial charge in [0, 0.05) is 31.2 Å². The van der Waals surface area contributed by atoms with E-state index in [0.717, 1.165) is 32.6 Å². The first kappa shape index (κ1) is 22.9. The Morgan fingerprint density at radius 2 is 1.96 bits per heavy atom. The molecule has 1 fully saturated rings. The maximum absolute atomic E-state index is 5.98. The van der Waals surface area contributed by atoms with Gasteiger partial charge in [0.15, 0.2) is 5.96 Å². The fourth-order valence-electron chi connectivity index (χ4n) is 3.37. The SMILES string of the molecule is CCN1CCCC1CN=C(N)NCCCN(C(C)C)C(C)C.I. The summed E-state index contributed by atoms with van der Waals surface area (Å²) in [6, 6.07) is 1.77. The number of likely N-dealkylation sites (N-methyl/N-ethyl adjacent to an activating group) is 1. The lowest BCUT2D eigenvalue weighted by atomic mass is 10.2. The molecule has 0 amide bonds. The molecule has 0 saturated carbocycles. The molecule has 0 aromatic rings. The Hall–Kier alpha value is -0.0800. The highest BCUT2D eigenvalue weighted by Crippen LogP contribution is 2.16. The van der Waals surface area contributed by atoms with Crippen LogP contribution in [0.5, 0.6) is 0 Å². The molecule has 1 atom stereocenters. The number of likely N-dealkylation sites (tertiary alicyclic amines) is 1. The molecule has 1 heterocycles. The quantitative estimate of drug-likeness (QED) is 0.251.